The molecule has 0 spiro atoms. The molecule has 0 fully saturated rings. The van der Waals surface area contributed by atoms with Crippen LogP contribution in [0.15, 0.2) is 97.2 Å². The van der Waals surface area contributed by atoms with Crippen LogP contribution in [0.2, 0.25) is 0 Å². The largest absolute Gasteiger partial charge is 0.309 e. The minimum absolute atomic E-state index is 0.109. The maximum absolute atomic E-state index is 4.99. The van der Waals surface area contributed by atoms with Crippen LogP contribution in [0.25, 0.3) is 38.8 Å². The molecule has 3 aromatic carbocycles. The Balaban J connectivity index is 1.69. The lowest BCUT2D eigenvalue weighted by Gasteiger charge is -2.54. The van der Waals surface area contributed by atoms with Crippen LogP contribution in [0.5, 0.6) is 0 Å². The molecule has 4 nitrogen and oxygen atoms in total. The fourth-order valence-corrected chi connectivity index (χ4v) is 7.34. The van der Waals surface area contributed by atoms with E-state index < -0.39 is 0 Å². The number of para-hydroxylation sites is 1. The molecule has 4 heteroatoms. The van der Waals surface area contributed by atoms with Gasteiger partial charge in [0.15, 0.2) is 0 Å². The number of aromatic amines is 1. The van der Waals surface area contributed by atoms with Crippen LogP contribution >= 0.6 is 0 Å². The van der Waals surface area contributed by atoms with Crippen LogP contribution < -0.4 is 0 Å². The van der Waals surface area contributed by atoms with Gasteiger partial charge in [0, 0.05) is 39.3 Å². The minimum Gasteiger partial charge on any atom is -0.309 e. The summed E-state index contributed by atoms with van der Waals surface area (Å²) in [6, 6.07) is 32.9. The van der Waals surface area contributed by atoms with Crippen molar-refractivity contribution in [3.63, 3.8) is 0 Å². The van der Waals surface area contributed by atoms with Crippen molar-refractivity contribution in [1.29, 1.82) is 0 Å². The molecule has 40 heavy (non-hydrogen) atoms. The number of benzene rings is 3. The summed E-state index contributed by atoms with van der Waals surface area (Å²) in [6.45, 7) is 16.1. The molecule has 0 bridgehead atoms. The van der Waals surface area contributed by atoms with E-state index in [1.54, 1.807) is 0 Å². The Bertz CT molecular complexity index is 1810. The average molecular weight is 527 g/mol. The number of rotatable bonds is 4. The molecule has 6 rings (SSSR count). The molecule has 0 radical (unpaired) electrons. The second kappa shape index (κ2) is 9.19. The number of fused-ring (bicyclic) bond motifs is 3. The van der Waals surface area contributed by atoms with Crippen LogP contribution in [0, 0.1) is 17.8 Å². The fraction of sp³-hybridized carbons (Fsp3) is 0.278. The van der Waals surface area contributed by atoms with Crippen LogP contribution in [-0.4, -0.2) is 19.7 Å². The molecule has 0 atom stereocenters. The summed E-state index contributed by atoms with van der Waals surface area (Å²) >= 11 is 0. The zero-order valence-corrected chi connectivity index (χ0v) is 24.6. The molecule has 0 aliphatic carbocycles. The van der Waals surface area contributed by atoms with Gasteiger partial charge in [0.2, 0.25) is 0 Å². The molecule has 0 unspecified atom stereocenters. The van der Waals surface area contributed by atoms with Gasteiger partial charge in [-0.25, -0.2) is 0 Å². The maximum atomic E-state index is 4.99. The Labute approximate surface area is 237 Å². The van der Waals surface area contributed by atoms with Gasteiger partial charge in [-0.05, 0) is 65.8 Å². The third-order valence-corrected chi connectivity index (χ3v) is 8.51. The maximum Gasteiger partial charge on any atom is 0.0924 e. The first-order valence-electron chi connectivity index (χ1n) is 14.1. The SMILES string of the molecule is Cc1cc(-c2cccc(-n3c4ccccc4c4ccc(C(c5ccccn5)(C(C)(C)C)C(C)(C)C)cc43)c2)n[nH]1. The van der Waals surface area contributed by atoms with E-state index in [0.29, 0.717) is 0 Å². The summed E-state index contributed by atoms with van der Waals surface area (Å²) in [5, 5.41) is 10.1. The molecule has 3 aromatic heterocycles. The first-order chi connectivity index (χ1) is 19.0. The minimum atomic E-state index is -0.342. The van der Waals surface area contributed by atoms with Gasteiger partial charge in [-0.1, -0.05) is 90.1 Å². The van der Waals surface area contributed by atoms with E-state index in [1.165, 1.54) is 27.4 Å². The van der Waals surface area contributed by atoms with Crippen molar-refractivity contribution in [1.82, 2.24) is 19.7 Å². The first-order valence-corrected chi connectivity index (χ1v) is 14.1. The lowest BCUT2D eigenvalue weighted by molar-refractivity contribution is 0.0866. The van der Waals surface area contributed by atoms with E-state index in [1.807, 2.05) is 19.2 Å². The molecule has 6 aromatic rings. The molecule has 0 amide bonds. The molecule has 0 saturated heterocycles. The highest BCUT2D eigenvalue weighted by Gasteiger charge is 2.54. The predicted octanol–water partition coefficient (Wildman–Crippen LogP) is 9.26. The summed E-state index contributed by atoms with van der Waals surface area (Å²) < 4.78 is 2.41. The monoisotopic (exact) mass is 526 g/mol. The number of aromatic nitrogens is 4. The zero-order valence-electron chi connectivity index (χ0n) is 24.6. The van der Waals surface area contributed by atoms with Gasteiger partial charge in [0.05, 0.1) is 22.4 Å². The highest BCUT2D eigenvalue weighted by molar-refractivity contribution is 6.09. The normalized spacial score (nSPS) is 12.9. The number of nitrogens with one attached hydrogen (secondary N) is 1. The highest BCUT2D eigenvalue weighted by Crippen LogP contribution is 2.57. The van der Waals surface area contributed by atoms with Gasteiger partial charge in [-0.15, -0.1) is 0 Å². The Morgan fingerprint density at radius 2 is 1.40 bits per heavy atom. The Kier molecular flexibility index (Phi) is 5.99. The number of nitrogens with zero attached hydrogens (tertiary/aromatic N) is 3. The summed E-state index contributed by atoms with van der Waals surface area (Å²) in [5.74, 6) is 0. The van der Waals surface area contributed by atoms with Crippen molar-refractivity contribution in [3.8, 4) is 16.9 Å². The van der Waals surface area contributed by atoms with Crippen molar-refractivity contribution in [2.45, 2.75) is 53.9 Å². The molecular formula is C36H38N4. The predicted molar refractivity (Wildman–Crippen MR) is 167 cm³/mol. The van der Waals surface area contributed by atoms with E-state index in [2.05, 4.69) is 141 Å². The number of pyridine rings is 1. The lowest BCUT2D eigenvalue weighted by atomic mass is 9.49. The molecule has 1 N–H and O–H groups in total. The number of hydrogen-bond acceptors (Lipinski definition) is 2. The smallest absolute Gasteiger partial charge is 0.0924 e. The topological polar surface area (TPSA) is 46.5 Å². The highest BCUT2D eigenvalue weighted by atomic mass is 15.1. The average Bonchev–Trinajstić information content (AvgIpc) is 3.49. The molecule has 0 aliphatic rings. The van der Waals surface area contributed by atoms with Gasteiger partial charge in [-0.3, -0.25) is 10.1 Å². The van der Waals surface area contributed by atoms with E-state index >= 15 is 0 Å². The molecule has 0 aliphatic heterocycles. The van der Waals surface area contributed by atoms with Gasteiger partial charge >= 0.3 is 0 Å². The van der Waals surface area contributed by atoms with Crippen LogP contribution in [0.4, 0.5) is 0 Å². The lowest BCUT2D eigenvalue weighted by Crippen LogP contribution is -2.51. The Hall–Kier alpha value is -4.18. The van der Waals surface area contributed by atoms with E-state index in [9.17, 15) is 0 Å². The van der Waals surface area contributed by atoms with Crippen molar-refractivity contribution < 1.29 is 0 Å². The number of hydrogen-bond donors (Lipinski definition) is 1. The second-order valence-electron chi connectivity index (χ2n) is 13.0. The van der Waals surface area contributed by atoms with Crippen molar-refractivity contribution in [3.05, 3.63) is 114 Å². The Morgan fingerprint density at radius 1 is 0.675 bits per heavy atom. The standard InChI is InChI=1S/C36H38N4/c1-24-21-30(39-38-24)25-13-12-14-27(22-25)40-31-16-9-8-15-28(31)29-19-18-26(23-32(29)40)36(34(2,3)4,35(5,6)7)33-17-10-11-20-37-33/h8-23H,1-7H3,(H,38,39). The van der Waals surface area contributed by atoms with Crippen LogP contribution in [-0.2, 0) is 5.41 Å². The third kappa shape index (κ3) is 3.89. The van der Waals surface area contributed by atoms with Crippen LogP contribution in [0.1, 0.15) is 58.5 Å². The van der Waals surface area contributed by atoms with E-state index in [4.69, 9.17) is 4.98 Å². The zero-order chi connectivity index (χ0) is 28.3. The molecule has 3 heterocycles. The van der Waals surface area contributed by atoms with Gasteiger partial charge in [0.25, 0.3) is 0 Å². The van der Waals surface area contributed by atoms with Gasteiger partial charge < -0.3 is 4.57 Å². The summed E-state index contributed by atoms with van der Waals surface area (Å²) in [6.07, 6.45) is 1.93. The van der Waals surface area contributed by atoms with Crippen molar-refractivity contribution in [2.24, 2.45) is 10.8 Å². The summed E-state index contributed by atoms with van der Waals surface area (Å²) in [7, 11) is 0. The van der Waals surface area contributed by atoms with Crippen molar-refractivity contribution >= 4 is 21.8 Å². The van der Waals surface area contributed by atoms with E-state index in [0.717, 1.165) is 28.3 Å². The Morgan fingerprint density at radius 3 is 2.08 bits per heavy atom. The molecule has 0 saturated carbocycles. The van der Waals surface area contributed by atoms with Gasteiger partial charge in [-0.2, -0.15) is 5.10 Å². The summed E-state index contributed by atoms with van der Waals surface area (Å²) in [5.41, 5.74) is 8.44. The molecule has 202 valence electrons. The number of H-pyrrole nitrogens is 1. The quantitative estimate of drug-likeness (QED) is 0.249. The van der Waals surface area contributed by atoms with Crippen LogP contribution in [0.3, 0.4) is 0 Å². The van der Waals surface area contributed by atoms with Gasteiger partial charge in [0.1, 0.15) is 0 Å². The fourth-order valence-electron chi connectivity index (χ4n) is 7.34. The van der Waals surface area contributed by atoms with E-state index in [-0.39, 0.29) is 16.2 Å². The number of aryl methyl sites for hydroxylation is 1. The molecular weight excluding hydrogens is 488 g/mol. The second-order valence-corrected chi connectivity index (χ2v) is 13.0. The first kappa shape index (κ1) is 26.1. The van der Waals surface area contributed by atoms with Crippen molar-refractivity contribution in [2.75, 3.05) is 0 Å². The third-order valence-electron chi connectivity index (χ3n) is 8.51. The summed E-state index contributed by atoms with van der Waals surface area (Å²) in [4.78, 5) is 4.99.